The second-order valence-electron chi connectivity index (χ2n) is 3.21. The summed E-state index contributed by atoms with van der Waals surface area (Å²) in [5, 5.41) is 37.0. The summed E-state index contributed by atoms with van der Waals surface area (Å²) in [6.45, 7) is -0.580. The van der Waals surface area contributed by atoms with Gasteiger partial charge in [0.25, 0.3) is 0 Å². The molecule has 1 aliphatic rings. The maximum Gasteiger partial charge on any atom is 0.187 e. The van der Waals surface area contributed by atoms with E-state index in [1.54, 1.807) is 0 Å². The van der Waals surface area contributed by atoms with E-state index in [1.807, 2.05) is 0 Å². The van der Waals surface area contributed by atoms with Crippen LogP contribution in [0.15, 0.2) is 0 Å². The monoisotopic (exact) mass is 218 g/mol. The number of aliphatic hydroxyl groups excluding tert-OH is 4. The van der Waals surface area contributed by atoms with Crippen LogP contribution in [0.5, 0.6) is 0 Å². The van der Waals surface area contributed by atoms with Crippen LogP contribution in [-0.2, 0) is 9.47 Å². The SMILES string of the molecule is C#CCO[C@H]1O[C@H](CO)[C@H](O)[C@H](O)[C@@H]1O. The fraction of sp³-hybridized carbons (Fsp3) is 0.778. The van der Waals surface area contributed by atoms with Crippen LogP contribution in [0.3, 0.4) is 0 Å². The summed E-state index contributed by atoms with van der Waals surface area (Å²) >= 11 is 0. The van der Waals surface area contributed by atoms with Crippen LogP contribution in [0.1, 0.15) is 0 Å². The minimum absolute atomic E-state index is 0.0946. The second kappa shape index (κ2) is 5.42. The fourth-order valence-corrected chi connectivity index (χ4v) is 1.34. The summed E-state index contributed by atoms with van der Waals surface area (Å²) in [4.78, 5) is 0. The number of aliphatic hydroxyl groups is 4. The van der Waals surface area contributed by atoms with Crippen molar-refractivity contribution >= 4 is 0 Å². The Labute approximate surface area is 87.1 Å². The fourth-order valence-electron chi connectivity index (χ4n) is 1.34. The first-order chi connectivity index (χ1) is 7.11. The smallest absolute Gasteiger partial charge is 0.187 e. The third-order valence-electron chi connectivity index (χ3n) is 2.18. The van der Waals surface area contributed by atoms with Crippen molar-refractivity contribution in [2.75, 3.05) is 13.2 Å². The lowest BCUT2D eigenvalue weighted by atomic mass is 9.99. The Bertz CT molecular complexity index is 235. The van der Waals surface area contributed by atoms with Crippen molar-refractivity contribution in [2.45, 2.75) is 30.7 Å². The van der Waals surface area contributed by atoms with Crippen molar-refractivity contribution in [3.63, 3.8) is 0 Å². The molecule has 4 N–H and O–H groups in total. The van der Waals surface area contributed by atoms with Crippen LogP contribution in [0.25, 0.3) is 0 Å². The summed E-state index contributed by atoms with van der Waals surface area (Å²) in [5.74, 6) is 2.17. The molecule has 5 atom stereocenters. The lowest BCUT2D eigenvalue weighted by Crippen LogP contribution is -2.59. The lowest BCUT2D eigenvalue weighted by Gasteiger charge is -2.39. The number of terminal acetylenes is 1. The molecule has 0 aromatic heterocycles. The molecule has 1 heterocycles. The Kier molecular flexibility index (Phi) is 4.47. The molecule has 86 valence electrons. The van der Waals surface area contributed by atoms with Gasteiger partial charge in [-0.3, -0.25) is 0 Å². The Morgan fingerprint density at radius 1 is 1.20 bits per heavy atom. The highest BCUT2D eigenvalue weighted by molar-refractivity contribution is 4.90. The van der Waals surface area contributed by atoms with Crippen molar-refractivity contribution < 1.29 is 29.9 Å². The summed E-state index contributed by atoms with van der Waals surface area (Å²) in [6.07, 6.45) is -1.36. The predicted molar refractivity (Wildman–Crippen MR) is 48.6 cm³/mol. The Balaban J connectivity index is 2.62. The van der Waals surface area contributed by atoms with Gasteiger partial charge in [-0.2, -0.15) is 0 Å². The molecule has 15 heavy (non-hydrogen) atoms. The third kappa shape index (κ3) is 2.66. The maximum atomic E-state index is 9.44. The second-order valence-corrected chi connectivity index (χ2v) is 3.21. The Hall–Kier alpha value is -0.680. The number of ether oxygens (including phenoxy) is 2. The van der Waals surface area contributed by atoms with E-state index >= 15 is 0 Å². The Morgan fingerprint density at radius 2 is 1.87 bits per heavy atom. The van der Waals surface area contributed by atoms with E-state index in [4.69, 9.17) is 21.0 Å². The van der Waals surface area contributed by atoms with E-state index in [1.165, 1.54) is 0 Å². The van der Waals surface area contributed by atoms with Gasteiger partial charge in [0.05, 0.1) is 6.61 Å². The van der Waals surface area contributed by atoms with Crippen molar-refractivity contribution in [2.24, 2.45) is 0 Å². The largest absolute Gasteiger partial charge is 0.394 e. The molecule has 0 aromatic carbocycles. The van der Waals surface area contributed by atoms with Gasteiger partial charge in [0.15, 0.2) is 6.29 Å². The molecule has 1 saturated heterocycles. The molecular weight excluding hydrogens is 204 g/mol. The van der Waals surface area contributed by atoms with E-state index in [0.29, 0.717) is 0 Å². The van der Waals surface area contributed by atoms with E-state index in [2.05, 4.69) is 5.92 Å². The summed E-state index contributed by atoms with van der Waals surface area (Å²) in [5.41, 5.74) is 0. The van der Waals surface area contributed by atoms with Gasteiger partial charge in [0, 0.05) is 0 Å². The van der Waals surface area contributed by atoms with Gasteiger partial charge in [-0.15, -0.1) is 6.42 Å². The summed E-state index contributed by atoms with van der Waals surface area (Å²) in [6, 6.07) is 0. The molecule has 0 unspecified atom stereocenters. The van der Waals surface area contributed by atoms with Crippen LogP contribution in [-0.4, -0.2) is 64.3 Å². The molecule has 0 aromatic rings. The molecular formula is C9H14O6. The van der Waals surface area contributed by atoms with Crippen LogP contribution in [0.2, 0.25) is 0 Å². The zero-order chi connectivity index (χ0) is 11.4. The lowest BCUT2D eigenvalue weighted by molar-refractivity contribution is -0.298. The molecule has 0 saturated carbocycles. The van der Waals surface area contributed by atoms with Crippen molar-refractivity contribution in [1.82, 2.24) is 0 Å². The zero-order valence-electron chi connectivity index (χ0n) is 7.98. The van der Waals surface area contributed by atoms with E-state index < -0.39 is 37.3 Å². The van der Waals surface area contributed by atoms with Crippen LogP contribution >= 0.6 is 0 Å². The highest BCUT2D eigenvalue weighted by Gasteiger charge is 2.43. The summed E-state index contributed by atoms with van der Waals surface area (Å²) < 4.78 is 9.91. The van der Waals surface area contributed by atoms with Gasteiger partial charge in [0.1, 0.15) is 31.0 Å². The number of rotatable bonds is 3. The van der Waals surface area contributed by atoms with Crippen molar-refractivity contribution in [3.8, 4) is 12.3 Å². The first-order valence-electron chi connectivity index (χ1n) is 4.47. The third-order valence-corrected chi connectivity index (χ3v) is 2.18. The first kappa shape index (κ1) is 12.4. The van der Waals surface area contributed by atoms with Crippen molar-refractivity contribution in [3.05, 3.63) is 0 Å². The topological polar surface area (TPSA) is 99.4 Å². The average Bonchev–Trinajstić information content (AvgIpc) is 2.25. The van der Waals surface area contributed by atoms with Gasteiger partial charge in [-0.1, -0.05) is 5.92 Å². The van der Waals surface area contributed by atoms with Crippen LogP contribution in [0, 0.1) is 12.3 Å². The molecule has 0 aliphatic carbocycles. The maximum absolute atomic E-state index is 9.44. The van der Waals surface area contributed by atoms with Crippen molar-refractivity contribution in [1.29, 1.82) is 0 Å². The van der Waals surface area contributed by atoms with Gasteiger partial charge >= 0.3 is 0 Å². The van der Waals surface area contributed by atoms with Gasteiger partial charge < -0.3 is 29.9 Å². The highest BCUT2D eigenvalue weighted by atomic mass is 16.7. The minimum atomic E-state index is -1.43. The predicted octanol–water partition coefficient (Wildman–Crippen LogP) is -2.56. The van der Waals surface area contributed by atoms with Crippen LogP contribution in [0.4, 0.5) is 0 Å². The van der Waals surface area contributed by atoms with Crippen LogP contribution < -0.4 is 0 Å². The highest BCUT2D eigenvalue weighted by Crippen LogP contribution is 2.21. The molecule has 6 nitrogen and oxygen atoms in total. The molecule has 0 radical (unpaired) electrons. The molecule has 1 fully saturated rings. The normalized spacial score (nSPS) is 41.1. The zero-order valence-corrected chi connectivity index (χ0v) is 7.98. The standard InChI is InChI=1S/C9H14O6/c1-2-3-14-9-8(13)7(12)6(11)5(4-10)15-9/h1,5-13H,3-4H2/t5-,6+,7+,8+,9+/m1/s1. The number of hydrogen-bond donors (Lipinski definition) is 4. The number of hydrogen-bond acceptors (Lipinski definition) is 6. The van der Waals surface area contributed by atoms with Gasteiger partial charge in [-0.05, 0) is 0 Å². The average molecular weight is 218 g/mol. The molecule has 0 amide bonds. The molecule has 0 spiro atoms. The quantitative estimate of drug-likeness (QED) is 0.389. The van der Waals surface area contributed by atoms with E-state index in [0.717, 1.165) is 0 Å². The van der Waals surface area contributed by atoms with Gasteiger partial charge in [0.2, 0.25) is 0 Å². The minimum Gasteiger partial charge on any atom is -0.394 e. The summed E-state index contributed by atoms with van der Waals surface area (Å²) in [7, 11) is 0. The van der Waals surface area contributed by atoms with Gasteiger partial charge in [-0.25, -0.2) is 0 Å². The van der Waals surface area contributed by atoms with E-state index in [9.17, 15) is 15.3 Å². The molecule has 6 heteroatoms. The first-order valence-corrected chi connectivity index (χ1v) is 4.47. The molecule has 0 bridgehead atoms. The molecule has 1 aliphatic heterocycles. The molecule has 1 rings (SSSR count). The Morgan fingerprint density at radius 3 is 2.40 bits per heavy atom. The van der Waals surface area contributed by atoms with E-state index in [-0.39, 0.29) is 6.61 Å².